The maximum absolute atomic E-state index is 13.6. The summed E-state index contributed by atoms with van der Waals surface area (Å²) in [7, 11) is 1.45. The zero-order valence-corrected chi connectivity index (χ0v) is 10.7. The molecule has 1 aromatic carbocycles. The van der Waals surface area contributed by atoms with Gasteiger partial charge >= 0.3 is 0 Å². The standard InChI is InChI=1S/C13H21FN2O/c1-4-9(2)7-12(16-15)10-5-6-13(17-3)11(14)8-10/h5-6,8-9,12,16H,4,7,15H2,1-3H3. The Labute approximate surface area is 102 Å². The van der Waals surface area contributed by atoms with Crippen LogP contribution in [0.1, 0.15) is 38.3 Å². The van der Waals surface area contributed by atoms with Crippen LogP contribution in [0.2, 0.25) is 0 Å². The molecular formula is C13H21FN2O. The maximum Gasteiger partial charge on any atom is 0.165 e. The highest BCUT2D eigenvalue weighted by Crippen LogP contribution is 2.26. The molecule has 96 valence electrons. The Bertz CT molecular complexity index is 357. The van der Waals surface area contributed by atoms with Gasteiger partial charge in [-0.1, -0.05) is 26.3 Å². The summed E-state index contributed by atoms with van der Waals surface area (Å²) >= 11 is 0. The molecule has 0 fully saturated rings. The van der Waals surface area contributed by atoms with Gasteiger partial charge < -0.3 is 4.74 Å². The monoisotopic (exact) mass is 240 g/mol. The van der Waals surface area contributed by atoms with Gasteiger partial charge in [-0.25, -0.2) is 4.39 Å². The van der Waals surface area contributed by atoms with Gasteiger partial charge in [0.05, 0.1) is 7.11 Å². The molecule has 2 atom stereocenters. The second kappa shape index (κ2) is 6.57. The molecule has 0 radical (unpaired) electrons. The topological polar surface area (TPSA) is 47.3 Å². The third-order valence-electron chi connectivity index (χ3n) is 3.11. The van der Waals surface area contributed by atoms with Gasteiger partial charge in [-0.15, -0.1) is 0 Å². The van der Waals surface area contributed by atoms with E-state index in [1.807, 2.05) is 6.07 Å². The van der Waals surface area contributed by atoms with Crippen LogP contribution in [0.4, 0.5) is 4.39 Å². The van der Waals surface area contributed by atoms with Gasteiger partial charge in [-0.2, -0.15) is 0 Å². The summed E-state index contributed by atoms with van der Waals surface area (Å²) in [6.07, 6.45) is 1.97. The van der Waals surface area contributed by atoms with Crippen molar-refractivity contribution in [3.63, 3.8) is 0 Å². The molecule has 3 N–H and O–H groups in total. The Morgan fingerprint density at radius 3 is 2.65 bits per heavy atom. The van der Waals surface area contributed by atoms with Crippen LogP contribution in [0.5, 0.6) is 5.75 Å². The van der Waals surface area contributed by atoms with E-state index in [0.29, 0.717) is 5.92 Å². The third kappa shape index (κ3) is 3.68. The van der Waals surface area contributed by atoms with Crippen molar-refractivity contribution in [2.24, 2.45) is 11.8 Å². The van der Waals surface area contributed by atoms with Gasteiger partial charge in [0.25, 0.3) is 0 Å². The van der Waals surface area contributed by atoms with Crippen LogP contribution in [0.25, 0.3) is 0 Å². The smallest absolute Gasteiger partial charge is 0.165 e. The number of ether oxygens (including phenoxy) is 1. The van der Waals surface area contributed by atoms with Gasteiger partial charge in [-0.05, 0) is 30.0 Å². The summed E-state index contributed by atoms with van der Waals surface area (Å²) in [5.41, 5.74) is 3.59. The summed E-state index contributed by atoms with van der Waals surface area (Å²) in [6, 6.07) is 4.93. The molecule has 0 aliphatic carbocycles. The first-order chi connectivity index (χ1) is 8.12. The summed E-state index contributed by atoms with van der Waals surface area (Å²) in [4.78, 5) is 0. The highest BCUT2D eigenvalue weighted by molar-refractivity contribution is 5.31. The van der Waals surface area contributed by atoms with Crippen molar-refractivity contribution in [2.45, 2.75) is 32.7 Å². The van der Waals surface area contributed by atoms with E-state index in [1.165, 1.54) is 13.2 Å². The van der Waals surface area contributed by atoms with Crippen molar-refractivity contribution in [3.05, 3.63) is 29.6 Å². The average Bonchev–Trinajstić information content (AvgIpc) is 2.35. The van der Waals surface area contributed by atoms with E-state index in [-0.39, 0.29) is 17.6 Å². The number of hydrogen-bond donors (Lipinski definition) is 2. The molecule has 17 heavy (non-hydrogen) atoms. The third-order valence-corrected chi connectivity index (χ3v) is 3.11. The lowest BCUT2D eigenvalue weighted by Gasteiger charge is -2.20. The zero-order chi connectivity index (χ0) is 12.8. The number of methoxy groups -OCH3 is 1. The molecule has 2 unspecified atom stereocenters. The van der Waals surface area contributed by atoms with E-state index in [2.05, 4.69) is 19.3 Å². The first-order valence-corrected chi connectivity index (χ1v) is 5.91. The Morgan fingerprint density at radius 1 is 1.47 bits per heavy atom. The summed E-state index contributed by atoms with van der Waals surface area (Å²) < 4.78 is 18.5. The summed E-state index contributed by atoms with van der Waals surface area (Å²) in [6.45, 7) is 4.29. The van der Waals surface area contributed by atoms with E-state index >= 15 is 0 Å². The SMILES string of the molecule is CCC(C)CC(NN)c1ccc(OC)c(F)c1. The largest absolute Gasteiger partial charge is 0.494 e. The quantitative estimate of drug-likeness (QED) is 0.593. The Hall–Kier alpha value is -1.13. The highest BCUT2D eigenvalue weighted by atomic mass is 19.1. The number of nitrogens with one attached hydrogen (secondary N) is 1. The van der Waals surface area contributed by atoms with Crippen molar-refractivity contribution < 1.29 is 9.13 Å². The maximum atomic E-state index is 13.6. The van der Waals surface area contributed by atoms with Gasteiger partial charge in [0, 0.05) is 6.04 Å². The molecule has 0 bridgehead atoms. The van der Waals surface area contributed by atoms with Gasteiger partial charge in [0.2, 0.25) is 0 Å². The van der Waals surface area contributed by atoms with E-state index in [0.717, 1.165) is 18.4 Å². The fourth-order valence-corrected chi connectivity index (χ4v) is 1.77. The van der Waals surface area contributed by atoms with Crippen molar-refractivity contribution in [2.75, 3.05) is 7.11 Å². The average molecular weight is 240 g/mol. The van der Waals surface area contributed by atoms with Gasteiger partial charge in [0.15, 0.2) is 11.6 Å². The molecule has 0 amide bonds. The molecule has 0 spiro atoms. The molecule has 1 aromatic rings. The van der Waals surface area contributed by atoms with Crippen LogP contribution in [-0.2, 0) is 0 Å². The number of nitrogens with two attached hydrogens (primary N) is 1. The number of benzene rings is 1. The van der Waals surface area contributed by atoms with Crippen LogP contribution in [0, 0.1) is 11.7 Å². The molecule has 4 heteroatoms. The summed E-state index contributed by atoms with van der Waals surface area (Å²) in [5, 5.41) is 0. The predicted octanol–water partition coefficient (Wildman–Crippen LogP) is 2.77. The number of halogens is 1. The van der Waals surface area contributed by atoms with Crippen LogP contribution < -0.4 is 16.0 Å². The van der Waals surface area contributed by atoms with Crippen LogP contribution in [0.3, 0.4) is 0 Å². The minimum absolute atomic E-state index is 0.0228. The van der Waals surface area contributed by atoms with E-state index in [9.17, 15) is 4.39 Å². The second-order valence-corrected chi connectivity index (χ2v) is 4.36. The molecule has 0 heterocycles. The van der Waals surface area contributed by atoms with Crippen LogP contribution in [0.15, 0.2) is 18.2 Å². The van der Waals surface area contributed by atoms with Crippen molar-refractivity contribution in [3.8, 4) is 5.75 Å². The molecule has 0 aliphatic heterocycles. The normalized spacial score (nSPS) is 14.4. The minimum atomic E-state index is -0.352. The number of hydrazine groups is 1. The van der Waals surface area contributed by atoms with Crippen LogP contribution in [-0.4, -0.2) is 7.11 Å². The first-order valence-electron chi connectivity index (χ1n) is 5.91. The van der Waals surface area contributed by atoms with E-state index < -0.39 is 0 Å². The molecule has 1 rings (SSSR count). The Balaban J connectivity index is 2.85. The lowest BCUT2D eigenvalue weighted by Crippen LogP contribution is -2.29. The van der Waals surface area contributed by atoms with Gasteiger partial charge in [-0.3, -0.25) is 11.3 Å². The molecule has 0 aromatic heterocycles. The summed E-state index contributed by atoms with van der Waals surface area (Å²) in [5.74, 6) is 5.97. The second-order valence-electron chi connectivity index (χ2n) is 4.36. The van der Waals surface area contributed by atoms with Gasteiger partial charge in [0.1, 0.15) is 0 Å². The zero-order valence-electron chi connectivity index (χ0n) is 10.7. The lowest BCUT2D eigenvalue weighted by molar-refractivity contribution is 0.381. The Kier molecular flexibility index (Phi) is 5.38. The number of hydrogen-bond acceptors (Lipinski definition) is 3. The predicted molar refractivity (Wildman–Crippen MR) is 67.1 cm³/mol. The Morgan fingerprint density at radius 2 is 2.18 bits per heavy atom. The van der Waals surface area contributed by atoms with Crippen molar-refractivity contribution in [1.29, 1.82) is 0 Å². The van der Waals surface area contributed by atoms with Crippen LogP contribution >= 0.6 is 0 Å². The van der Waals surface area contributed by atoms with E-state index in [1.54, 1.807) is 6.07 Å². The molecule has 0 saturated heterocycles. The fraction of sp³-hybridized carbons (Fsp3) is 0.538. The van der Waals surface area contributed by atoms with Crippen molar-refractivity contribution >= 4 is 0 Å². The fourth-order valence-electron chi connectivity index (χ4n) is 1.77. The molecule has 0 aliphatic rings. The number of rotatable bonds is 6. The lowest BCUT2D eigenvalue weighted by atomic mass is 9.94. The molecular weight excluding hydrogens is 219 g/mol. The first kappa shape index (κ1) is 13.9. The molecule has 3 nitrogen and oxygen atoms in total. The van der Waals surface area contributed by atoms with E-state index in [4.69, 9.17) is 10.6 Å². The molecule has 0 saturated carbocycles. The van der Waals surface area contributed by atoms with Crippen molar-refractivity contribution in [1.82, 2.24) is 5.43 Å². The minimum Gasteiger partial charge on any atom is -0.494 e. The highest BCUT2D eigenvalue weighted by Gasteiger charge is 2.15.